The van der Waals surface area contributed by atoms with E-state index < -0.39 is 0 Å². The molecular weight excluding hydrogens is 290 g/mol. The highest BCUT2D eigenvalue weighted by atomic mass is 16.2. The first-order valence-corrected chi connectivity index (χ1v) is 7.91. The molecule has 3 heterocycles. The summed E-state index contributed by atoms with van der Waals surface area (Å²) >= 11 is 0. The van der Waals surface area contributed by atoms with Gasteiger partial charge in [0.15, 0.2) is 5.82 Å². The molecular formula is C17H19N5O. The first kappa shape index (κ1) is 14.0. The summed E-state index contributed by atoms with van der Waals surface area (Å²) in [5.74, 6) is 1.50. The summed E-state index contributed by atoms with van der Waals surface area (Å²) in [6, 6.07) is 8.04. The number of hydrogen-bond donors (Lipinski definition) is 2. The molecule has 2 N–H and O–H groups in total. The zero-order valence-electron chi connectivity index (χ0n) is 13.3. The number of H-pyrrole nitrogens is 2. The van der Waals surface area contributed by atoms with Gasteiger partial charge in [-0.1, -0.05) is 11.6 Å². The van der Waals surface area contributed by atoms with Crippen molar-refractivity contribution in [2.24, 2.45) is 0 Å². The van der Waals surface area contributed by atoms with E-state index in [-0.39, 0.29) is 11.9 Å². The average Bonchev–Trinajstić information content (AvgIpc) is 3.23. The van der Waals surface area contributed by atoms with Gasteiger partial charge in [-0.05, 0) is 44.9 Å². The molecule has 118 valence electrons. The van der Waals surface area contributed by atoms with Crippen LogP contribution in [0.15, 0.2) is 24.3 Å². The lowest BCUT2D eigenvalue weighted by Gasteiger charge is -2.21. The quantitative estimate of drug-likeness (QED) is 0.764. The smallest absolute Gasteiger partial charge is 0.270 e. The minimum atomic E-state index is -0.0411. The highest BCUT2D eigenvalue weighted by Crippen LogP contribution is 2.31. The molecule has 3 aromatic rings. The van der Waals surface area contributed by atoms with E-state index in [1.54, 1.807) is 0 Å². The second kappa shape index (κ2) is 5.22. The fraction of sp³-hybridized carbons (Fsp3) is 0.353. The van der Waals surface area contributed by atoms with Crippen LogP contribution in [-0.4, -0.2) is 37.5 Å². The molecule has 0 spiro atoms. The number of aryl methyl sites for hydroxylation is 2. The topological polar surface area (TPSA) is 77.7 Å². The molecule has 6 heteroatoms. The Morgan fingerprint density at radius 3 is 2.96 bits per heavy atom. The minimum absolute atomic E-state index is 0.0174. The molecule has 1 atom stereocenters. The molecule has 1 unspecified atom stereocenters. The van der Waals surface area contributed by atoms with Crippen LogP contribution in [0, 0.1) is 13.8 Å². The Kier molecular flexibility index (Phi) is 3.18. The van der Waals surface area contributed by atoms with E-state index in [0.717, 1.165) is 36.1 Å². The fourth-order valence-corrected chi connectivity index (χ4v) is 3.31. The van der Waals surface area contributed by atoms with Gasteiger partial charge in [0.2, 0.25) is 0 Å². The third-order valence-electron chi connectivity index (χ3n) is 4.43. The molecule has 4 rings (SSSR count). The molecule has 2 aromatic heterocycles. The summed E-state index contributed by atoms with van der Waals surface area (Å²) in [4.78, 5) is 22.4. The van der Waals surface area contributed by atoms with Gasteiger partial charge >= 0.3 is 0 Å². The van der Waals surface area contributed by atoms with Crippen LogP contribution in [-0.2, 0) is 0 Å². The van der Waals surface area contributed by atoms with E-state index in [4.69, 9.17) is 0 Å². The normalized spacial score (nSPS) is 18.0. The Labute approximate surface area is 133 Å². The molecule has 0 aliphatic carbocycles. The third-order valence-corrected chi connectivity index (χ3v) is 4.43. The van der Waals surface area contributed by atoms with Crippen molar-refractivity contribution in [1.29, 1.82) is 0 Å². The summed E-state index contributed by atoms with van der Waals surface area (Å²) < 4.78 is 0. The van der Waals surface area contributed by atoms with Gasteiger partial charge in [-0.3, -0.25) is 9.89 Å². The van der Waals surface area contributed by atoms with E-state index in [9.17, 15) is 4.79 Å². The van der Waals surface area contributed by atoms with Gasteiger partial charge in [0.05, 0.1) is 6.04 Å². The van der Waals surface area contributed by atoms with Crippen molar-refractivity contribution in [3.63, 3.8) is 0 Å². The van der Waals surface area contributed by atoms with Crippen LogP contribution in [0.5, 0.6) is 0 Å². The Morgan fingerprint density at radius 2 is 2.17 bits per heavy atom. The summed E-state index contributed by atoms with van der Waals surface area (Å²) in [7, 11) is 0. The lowest BCUT2D eigenvalue weighted by molar-refractivity contribution is 0.0725. The molecule has 1 aromatic carbocycles. The van der Waals surface area contributed by atoms with Gasteiger partial charge in [0.25, 0.3) is 5.91 Å². The van der Waals surface area contributed by atoms with E-state index >= 15 is 0 Å². The number of fused-ring (bicyclic) bond motifs is 1. The Morgan fingerprint density at radius 1 is 1.30 bits per heavy atom. The average molecular weight is 309 g/mol. The molecule has 0 bridgehead atoms. The van der Waals surface area contributed by atoms with Crippen molar-refractivity contribution >= 4 is 16.8 Å². The SMILES string of the molecule is Cc1ccc2[nH]c(C(=O)N3CCCC3c3n[nH]c(C)n3)cc2c1. The number of hydrogen-bond acceptors (Lipinski definition) is 3. The highest BCUT2D eigenvalue weighted by Gasteiger charge is 2.33. The number of carbonyl (C=O) groups is 1. The zero-order valence-corrected chi connectivity index (χ0v) is 13.3. The Hall–Kier alpha value is -2.63. The van der Waals surface area contributed by atoms with E-state index in [1.807, 2.05) is 30.0 Å². The molecule has 0 saturated carbocycles. The first-order valence-electron chi connectivity index (χ1n) is 7.91. The van der Waals surface area contributed by atoms with E-state index in [1.165, 1.54) is 5.56 Å². The van der Waals surface area contributed by atoms with Gasteiger partial charge in [0.1, 0.15) is 11.5 Å². The molecule has 1 fully saturated rings. The van der Waals surface area contributed by atoms with Crippen molar-refractivity contribution < 1.29 is 4.79 Å². The van der Waals surface area contributed by atoms with Crippen molar-refractivity contribution in [3.05, 3.63) is 47.2 Å². The number of benzene rings is 1. The van der Waals surface area contributed by atoms with Crippen molar-refractivity contribution in [2.75, 3.05) is 6.54 Å². The number of nitrogens with zero attached hydrogens (tertiary/aromatic N) is 3. The van der Waals surface area contributed by atoms with Crippen molar-refractivity contribution in [3.8, 4) is 0 Å². The monoisotopic (exact) mass is 309 g/mol. The van der Waals surface area contributed by atoms with Crippen molar-refractivity contribution in [1.82, 2.24) is 25.1 Å². The summed E-state index contributed by atoms with van der Waals surface area (Å²) in [5.41, 5.74) is 2.80. The van der Waals surface area contributed by atoms with Crippen LogP contribution in [0.1, 0.15) is 46.6 Å². The van der Waals surface area contributed by atoms with Crippen LogP contribution in [0.3, 0.4) is 0 Å². The maximum Gasteiger partial charge on any atom is 0.270 e. The number of aromatic nitrogens is 4. The van der Waals surface area contributed by atoms with Gasteiger partial charge in [-0.25, -0.2) is 4.98 Å². The summed E-state index contributed by atoms with van der Waals surface area (Å²) in [6.07, 6.45) is 1.88. The molecule has 1 amide bonds. The number of amides is 1. The van der Waals surface area contributed by atoms with Crippen LogP contribution in [0.2, 0.25) is 0 Å². The summed E-state index contributed by atoms with van der Waals surface area (Å²) in [6.45, 7) is 4.67. The lowest BCUT2D eigenvalue weighted by Crippen LogP contribution is -2.31. The first-order chi connectivity index (χ1) is 11.1. The van der Waals surface area contributed by atoms with Gasteiger partial charge in [-0.2, -0.15) is 5.10 Å². The van der Waals surface area contributed by atoms with E-state index in [2.05, 4.69) is 33.2 Å². The van der Waals surface area contributed by atoms with Crippen LogP contribution >= 0.6 is 0 Å². The Balaban J connectivity index is 1.66. The minimum Gasteiger partial charge on any atom is -0.351 e. The lowest BCUT2D eigenvalue weighted by atomic mass is 10.2. The van der Waals surface area contributed by atoms with Crippen LogP contribution in [0.4, 0.5) is 0 Å². The predicted molar refractivity (Wildman–Crippen MR) is 87.2 cm³/mol. The number of rotatable bonds is 2. The second-order valence-electron chi connectivity index (χ2n) is 6.21. The number of likely N-dealkylation sites (tertiary alicyclic amines) is 1. The van der Waals surface area contributed by atoms with Crippen LogP contribution < -0.4 is 0 Å². The van der Waals surface area contributed by atoms with Gasteiger partial charge in [-0.15, -0.1) is 0 Å². The molecule has 1 aliphatic rings. The number of aromatic amines is 2. The largest absolute Gasteiger partial charge is 0.351 e. The Bertz CT molecular complexity index is 878. The molecule has 1 aliphatic heterocycles. The number of nitrogens with one attached hydrogen (secondary N) is 2. The zero-order chi connectivity index (χ0) is 16.0. The molecule has 1 saturated heterocycles. The van der Waals surface area contributed by atoms with Gasteiger partial charge in [0, 0.05) is 17.4 Å². The maximum absolute atomic E-state index is 12.9. The molecule has 23 heavy (non-hydrogen) atoms. The molecule has 6 nitrogen and oxygen atoms in total. The second-order valence-corrected chi connectivity index (χ2v) is 6.21. The predicted octanol–water partition coefficient (Wildman–Crippen LogP) is 2.88. The van der Waals surface area contributed by atoms with Crippen LogP contribution in [0.25, 0.3) is 10.9 Å². The van der Waals surface area contributed by atoms with Crippen molar-refractivity contribution in [2.45, 2.75) is 32.7 Å². The van der Waals surface area contributed by atoms with E-state index in [0.29, 0.717) is 11.5 Å². The standard InChI is InChI=1S/C17H19N5O/c1-10-5-6-13-12(8-10)9-14(19-13)17(23)22-7-3-4-15(22)16-18-11(2)20-21-16/h5-6,8-9,15,19H,3-4,7H2,1-2H3,(H,18,20,21). The van der Waals surface area contributed by atoms with Gasteiger partial charge < -0.3 is 9.88 Å². The highest BCUT2D eigenvalue weighted by molar-refractivity contribution is 5.98. The fourth-order valence-electron chi connectivity index (χ4n) is 3.31. The number of carbonyl (C=O) groups excluding carboxylic acids is 1. The third kappa shape index (κ3) is 2.40. The molecule has 0 radical (unpaired) electrons. The summed E-state index contributed by atoms with van der Waals surface area (Å²) in [5, 5.41) is 8.17. The maximum atomic E-state index is 12.9.